The van der Waals surface area contributed by atoms with Crippen LogP contribution in [-0.2, 0) is 23.8 Å². The van der Waals surface area contributed by atoms with Crippen LogP contribution in [0.3, 0.4) is 0 Å². The first-order valence-corrected chi connectivity index (χ1v) is 26.4. The van der Waals surface area contributed by atoms with Crippen LogP contribution in [0, 0.1) is 0 Å². The molecule has 8 atom stereocenters. The Morgan fingerprint density at radius 2 is 1.13 bits per heavy atom. The molecule has 67 heavy (non-hydrogen) atoms. The summed E-state index contributed by atoms with van der Waals surface area (Å²) >= 11 is 0. The van der Waals surface area contributed by atoms with Crippen LogP contribution in [0.25, 0.3) is 0 Å². The number of carbonyl (C=O) groups excluding carboxylic acids is 2. The van der Waals surface area contributed by atoms with Crippen molar-refractivity contribution in [2.45, 2.75) is 243 Å². The van der Waals surface area contributed by atoms with E-state index >= 15 is 0 Å². The van der Waals surface area contributed by atoms with Gasteiger partial charge in [-0.15, -0.1) is 0 Å². The highest BCUT2D eigenvalue weighted by molar-refractivity contribution is 5.81. The molecule has 6 N–H and O–H groups in total. The van der Waals surface area contributed by atoms with Gasteiger partial charge in [-0.1, -0.05) is 209 Å². The topological polar surface area (TPSA) is 175 Å². The number of allylic oxidation sites excluding steroid dienone is 12. The molecule has 0 aromatic carbocycles. The van der Waals surface area contributed by atoms with Gasteiger partial charge in [0, 0.05) is 12.8 Å². The van der Waals surface area contributed by atoms with Gasteiger partial charge in [0.1, 0.15) is 24.4 Å². The lowest BCUT2D eigenvalue weighted by atomic mass is 9.99. The zero-order valence-electron chi connectivity index (χ0n) is 42.0. The number of aliphatic hydroxyl groups is 5. The number of ether oxygens (including phenoxy) is 3. The maximum atomic E-state index is 13.3. The Hall–Kier alpha value is -3.16. The van der Waals surface area contributed by atoms with Crippen LogP contribution in [0.1, 0.15) is 194 Å². The third-order valence-electron chi connectivity index (χ3n) is 11.9. The fourth-order valence-electron chi connectivity index (χ4n) is 7.64. The van der Waals surface area contributed by atoms with Gasteiger partial charge in [-0.05, 0) is 57.8 Å². The molecule has 0 aliphatic carbocycles. The van der Waals surface area contributed by atoms with Crippen molar-refractivity contribution in [3.63, 3.8) is 0 Å². The predicted octanol–water partition coefficient (Wildman–Crippen LogP) is 11.0. The van der Waals surface area contributed by atoms with Crippen molar-refractivity contribution in [3.05, 3.63) is 85.1 Å². The molecule has 1 fully saturated rings. The van der Waals surface area contributed by atoms with Crippen LogP contribution in [0.15, 0.2) is 85.1 Å². The molecule has 0 saturated carbocycles. The Kier molecular flexibility index (Phi) is 40.7. The van der Waals surface area contributed by atoms with Crippen molar-refractivity contribution < 1.29 is 49.3 Å². The highest BCUT2D eigenvalue weighted by atomic mass is 16.7. The molecule has 1 rings (SSSR count). The fourth-order valence-corrected chi connectivity index (χ4v) is 7.64. The summed E-state index contributed by atoms with van der Waals surface area (Å²) in [6.07, 6.45) is 45.1. The molecule has 11 heteroatoms. The van der Waals surface area contributed by atoms with E-state index in [2.05, 4.69) is 50.4 Å². The largest absolute Gasteiger partial charge is 0.454 e. The van der Waals surface area contributed by atoms with Crippen molar-refractivity contribution in [2.24, 2.45) is 0 Å². The average Bonchev–Trinajstić information content (AvgIpc) is 3.32. The number of rotatable bonds is 42. The Balaban J connectivity index is 2.82. The molecule has 11 nitrogen and oxygen atoms in total. The molecule has 8 unspecified atom stereocenters. The number of amides is 1. The van der Waals surface area contributed by atoms with Gasteiger partial charge in [0.25, 0.3) is 0 Å². The first-order chi connectivity index (χ1) is 32.7. The number of nitrogens with one attached hydrogen (secondary N) is 1. The molecular weight excluding hydrogens is 847 g/mol. The van der Waals surface area contributed by atoms with Crippen molar-refractivity contribution in [2.75, 3.05) is 13.2 Å². The lowest BCUT2D eigenvalue weighted by Crippen LogP contribution is -2.61. The minimum Gasteiger partial charge on any atom is -0.454 e. The second-order valence-electron chi connectivity index (χ2n) is 18.0. The summed E-state index contributed by atoms with van der Waals surface area (Å²) in [5, 5.41) is 56.5. The van der Waals surface area contributed by atoms with E-state index in [1.54, 1.807) is 12.2 Å². The molecule has 384 valence electrons. The molecule has 0 radical (unpaired) electrons. The van der Waals surface area contributed by atoms with Crippen LogP contribution in [0.4, 0.5) is 0 Å². The standard InChI is InChI=1S/C56H95NO10/c1-4-7-10-13-16-19-22-24-25-26-29-32-35-38-41-44-51(61)67-54-53(63)52(62)50(45-58)66-56(54)65-46-47(48(59)42-39-36-33-30-27-21-18-15-12-9-6-3)57-55(64)49(60)43-40-37-34-31-28-23-20-17-14-11-8-5-2/h7,10,13,16,19,22,24-25,28,31,37,39-40,42,47-50,52-54,56,58-60,62-63H,4-6,8-9,11-12,14-15,17-18,20-21,23,26-27,29-30,32-36,38,41,43-46H2,1-3H3,(H,57,64)/b10-7+,16-13+,22-19+,25-24-,31-28-,40-37+,42-39+. The molecule has 0 aromatic rings. The summed E-state index contributed by atoms with van der Waals surface area (Å²) in [6.45, 7) is 5.54. The molecular formula is C56H95NO10. The predicted molar refractivity (Wildman–Crippen MR) is 273 cm³/mol. The fraction of sp³-hybridized carbons (Fsp3) is 0.714. The first-order valence-electron chi connectivity index (χ1n) is 26.4. The monoisotopic (exact) mass is 942 g/mol. The summed E-state index contributed by atoms with van der Waals surface area (Å²) in [7, 11) is 0. The van der Waals surface area contributed by atoms with E-state index in [1.165, 1.54) is 77.0 Å². The molecule has 1 saturated heterocycles. The van der Waals surface area contributed by atoms with E-state index in [0.717, 1.165) is 70.6 Å². The van der Waals surface area contributed by atoms with Crippen LogP contribution in [0.2, 0.25) is 0 Å². The Morgan fingerprint density at radius 1 is 0.612 bits per heavy atom. The van der Waals surface area contributed by atoms with E-state index in [9.17, 15) is 35.1 Å². The summed E-state index contributed by atoms with van der Waals surface area (Å²) in [5.41, 5.74) is 0. The molecule has 0 bridgehead atoms. The normalized spacial score (nSPS) is 20.7. The number of carbonyl (C=O) groups is 2. The van der Waals surface area contributed by atoms with E-state index < -0.39 is 67.4 Å². The van der Waals surface area contributed by atoms with E-state index in [4.69, 9.17) is 14.2 Å². The molecule has 1 aliphatic heterocycles. The molecule has 1 heterocycles. The van der Waals surface area contributed by atoms with Gasteiger partial charge in [-0.25, -0.2) is 0 Å². The lowest BCUT2D eigenvalue weighted by molar-refractivity contribution is -0.305. The first kappa shape index (κ1) is 61.9. The van der Waals surface area contributed by atoms with Gasteiger partial charge in [-0.3, -0.25) is 9.59 Å². The highest BCUT2D eigenvalue weighted by Gasteiger charge is 2.47. The number of aliphatic hydroxyl groups excluding tert-OH is 5. The third-order valence-corrected chi connectivity index (χ3v) is 11.9. The van der Waals surface area contributed by atoms with Gasteiger partial charge in [0.05, 0.1) is 25.4 Å². The molecule has 1 amide bonds. The molecule has 0 spiro atoms. The zero-order valence-corrected chi connectivity index (χ0v) is 42.0. The lowest BCUT2D eigenvalue weighted by Gasteiger charge is -2.41. The second kappa shape index (κ2) is 44.1. The number of esters is 1. The second-order valence-corrected chi connectivity index (χ2v) is 18.0. The van der Waals surface area contributed by atoms with Crippen LogP contribution < -0.4 is 5.32 Å². The Labute approximate surface area is 406 Å². The third kappa shape index (κ3) is 33.1. The summed E-state index contributed by atoms with van der Waals surface area (Å²) < 4.78 is 17.5. The highest BCUT2D eigenvalue weighted by Crippen LogP contribution is 2.26. The maximum absolute atomic E-state index is 13.3. The van der Waals surface area contributed by atoms with Crippen molar-refractivity contribution in [1.82, 2.24) is 5.32 Å². The maximum Gasteiger partial charge on any atom is 0.306 e. The van der Waals surface area contributed by atoms with Gasteiger partial charge in [-0.2, -0.15) is 0 Å². The summed E-state index contributed by atoms with van der Waals surface area (Å²) in [6, 6.07) is -1.06. The average molecular weight is 942 g/mol. The number of unbranched alkanes of at least 4 members (excludes halogenated alkanes) is 20. The van der Waals surface area contributed by atoms with E-state index in [-0.39, 0.29) is 19.4 Å². The van der Waals surface area contributed by atoms with Crippen LogP contribution >= 0.6 is 0 Å². The van der Waals surface area contributed by atoms with E-state index in [1.807, 2.05) is 48.6 Å². The zero-order chi connectivity index (χ0) is 49.0. The van der Waals surface area contributed by atoms with Crippen molar-refractivity contribution in [1.29, 1.82) is 0 Å². The molecule has 1 aliphatic rings. The minimum absolute atomic E-state index is 0.0758. The van der Waals surface area contributed by atoms with Gasteiger partial charge < -0.3 is 45.1 Å². The van der Waals surface area contributed by atoms with Gasteiger partial charge in [0.2, 0.25) is 5.91 Å². The number of hydrogen-bond acceptors (Lipinski definition) is 10. The van der Waals surface area contributed by atoms with Crippen molar-refractivity contribution in [3.8, 4) is 0 Å². The Bertz CT molecular complexity index is 1410. The Morgan fingerprint density at radius 3 is 1.73 bits per heavy atom. The number of hydrogen-bond donors (Lipinski definition) is 6. The smallest absolute Gasteiger partial charge is 0.306 e. The summed E-state index contributed by atoms with van der Waals surface area (Å²) in [5.74, 6) is -1.30. The summed E-state index contributed by atoms with van der Waals surface area (Å²) in [4.78, 5) is 26.3. The van der Waals surface area contributed by atoms with Crippen LogP contribution in [0.5, 0.6) is 0 Å². The minimum atomic E-state index is -1.63. The van der Waals surface area contributed by atoms with Gasteiger partial charge >= 0.3 is 5.97 Å². The SMILES string of the molecule is CC/C=C/C=C/C=C/C=C\CCCCCCCC(=O)OC1C(OCC(NC(=O)C(O)C/C=C/C/C=C\CCCCCCCC)C(O)/C=C/CCCCCCCCCCC)OC(CO)C(O)C1O. The molecule has 0 aromatic heterocycles. The van der Waals surface area contributed by atoms with Gasteiger partial charge in [0.15, 0.2) is 12.4 Å². The van der Waals surface area contributed by atoms with Crippen LogP contribution in [-0.4, -0.2) is 99.6 Å². The van der Waals surface area contributed by atoms with E-state index in [0.29, 0.717) is 12.8 Å². The quantitative estimate of drug-likeness (QED) is 0.0150. The van der Waals surface area contributed by atoms with Crippen molar-refractivity contribution >= 4 is 11.9 Å².